The van der Waals surface area contributed by atoms with E-state index in [-0.39, 0.29) is 0 Å². The lowest BCUT2D eigenvalue weighted by Gasteiger charge is -2.08. The Bertz CT molecular complexity index is 605. The average Bonchev–Trinajstić information content (AvgIpc) is 3.13. The molecule has 1 fully saturated rings. The molecule has 2 heteroatoms. The number of fused-ring (bicyclic) bond motifs is 1. The number of benzene rings is 1. The van der Waals surface area contributed by atoms with Gasteiger partial charge in [0.2, 0.25) is 0 Å². The van der Waals surface area contributed by atoms with E-state index in [1.165, 1.54) is 34.9 Å². The second kappa shape index (κ2) is 4.68. The van der Waals surface area contributed by atoms with Gasteiger partial charge in [0, 0.05) is 11.4 Å². The van der Waals surface area contributed by atoms with Crippen LogP contribution in [0.3, 0.4) is 0 Å². The van der Waals surface area contributed by atoms with E-state index in [4.69, 9.17) is 4.42 Å². The Kier molecular flexibility index (Phi) is 3.14. The van der Waals surface area contributed by atoms with Crippen molar-refractivity contribution in [3.8, 4) is 0 Å². The third-order valence-corrected chi connectivity index (χ3v) is 4.16. The average molecular weight is 257 g/mol. The summed E-state index contributed by atoms with van der Waals surface area (Å²) in [4.78, 5) is 0. The number of rotatable bonds is 4. The molecule has 102 valence electrons. The highest BCUT2D eigenvalue weighted by Gasteiger charge is 2.22. The number of aryl methyl sites for hydroxylation is 2. The minimum Gasteiger partial charge on any atom is -0.459 e. The van der Waals surface area contributed by atoms with E-state index >= 15 is 0 Å². The predicted molar refractivity (Wildman–Crippen MR) is 79.6 cm³/mol. The van der Waals surface area contributed by atoms with Crippen LogP contribution < -0.4 is 5.32 Å². The molecule has 1 N–H and O–H groups in total. The summed E-state index contributed by atoms with van der Waals surface area (Å²) in [6.07, 6.45) is 2.63. The van der Waals surface area contributed by atoms with Crippen molar-refractivity contribution in [3.05, 3.63) is 34.6 Å². The third kappa shape index (κ3) is 2.30. The zero-order valence-electron chi connectivity index (χ0n) is 12.3. The Morgan fingerprint density at radius 1 is 1.26 bits per heavy atom. The SMILES string of the molecule is Cc1ccc(C(C)C)c2c(C)c(CNC3CC3)oc12. The molecule has 0 bridgehead atoms. The van der Waals surface area contributed by atoms with Gasteiger partial charge in [-0.15, -0.1) is 0 Å². The predicted octanol–water partition coefficient (Wildman–Crippen LogP) is 4.43. The van der Waals surface area contributed by atoms with Crippen molar-refractivity contribution in [3.63, 3.8) is 0 Å². The molecule has 0 spiro atoms. The lowest BCUT2D eigenvalue weighted by atomic mass is 9.95. The van der Waals surface area contributed by atoms with E-state index < -0.39 is 0 Å². The molecule has 3 rings (SSSR count). The summed E-state index contributed by atoms with van der Waals surface area (Å²) in [7, 11) is 0. The summed E-state index contributed by atoms with van der Waals surface area (Å²) in [5.74, 6) is 1.64. The standard InChI is InChI=1S/C17H23NO/c1-10(2)14-8-5-11(3)17-16(14)12(4)15(19-17)9-18-13-6-7-13/h5,8,10,13,18H,6-7,9H2,1-4H3. The maximum absolute atomic E-state index is 6.14. The van der Waals surface area contributed by atoms with Crippen molar-refractivity contribution in [2.75, 3.05) is 0 Å². The van der Waals surface area contributed by atoms with Crippen LogP contribution in [0.5, 0.6) is 0 Å². The van der Waals surface area contributed by atoms with Crippen LogP contribution in [0.4, 0.5) is 0 Å². The first kappa shape index (κ1) is 12.7. The molecule has 1 aromatic carbocycles. The third-order valence-electron chi connectivity index (χ3n) is 4.16. The highest BCUT2D eigenvalue weighted by Crippen LogP contribution is 2.34. The second-order valence-electron chi connectivity index (χ2n) is 6.14. The van der Waals surface area contributed by atoms with Gasteiger partial charge in [-0.25, -0.2) is 0 Å². The Morgan fingerprint density at radius 3 is 2.63 bits per heavy atom. The fraction of sp³-hybridized carbons (Fsp3) is 0.529. The van der Waals surface area contributed by atoms with Gasteiger partial charge in [0.1, 0.15) is 11.3 Å². The van der Waals surface area contributed by atoms with Crippen LogP contribution in [0.25, 0.3) is 11.0 Å². The van der Waals surface area contributed by atoms with Gasteiger partial charge in [-0.2, -0.15) is 0 Å². The number of hydrogen-bond donors (Lipinski definition) is 1. The van der Waals surface area contributed by atoms with Crippen LogP contribution in [-0.2, 0) is 6.54 Å². The van der Waals surface area contributed by atoms with Crippen LogP contribution in [-0.4, -0.2) is 6.04 Å². The second-order valence-corrected chi connectivity index (χ2v) is 6.14. The summed E-state index contributed by atoms with van der Waals surface area (Å²) in [6.45, 7) is 9.69. The van der Waals surface area contributed by atoms with Gasteiger partial charge < -0.3 is 9.73 Å². The first-order valence-corrected chi connectivity index (χ1v) is 7.32. The van der Waals surface area contributed by atoms with Gasteiger partial charge in [0.25, 0.3) is 0 Å². The first-order valence-electron chi connectivity index (χ1n) is 7.32. The molecule has 0 atom stereocenters. The summed E-state index contributed by atoms with van der Waals surface area (Å²) in [5, 5.41) is 4.88. The quantitative estimate of drug-likeness (QED) is 0.876. The Balaban J connectivity index is 2.07. The van der Waals surface area contributed by atoms with E-state index in [0.29, 0.717) is 5.92 Å². The highest BCUT2D eigenvalue weighted by atomic mass is 16.3. The van der Waals surface area contributed by atoms with Crippen molar-refractivity contribution >= 4 is 11.0 Å². The minimum atomic E-state index is 0.531. The molecule has 0 radical (unpaired) electrons. The molecule has 1 heterocycles. The van der Waals surface area contributed by atoms with E-state index in [1.807, 2.05) is 0 Å². The van der Waals surface area contributed by atoms with E-state index in [9.17, 15) is 0 Å². The molecule has 2 nitrogen and oxygen atoms in total. The van der Waals surface area contributed by atoms with Crippen molar-refractivity contribution in [2.24, 2.45) is 0 Å². The van der Waals surface area contributed by atoms with Crippen LogP contribution in [0, 0.1) is 13.8 Å². The normalized spacial score (nSPS) is 15.6. The molecular weight excluding hydrogens is 234 g/mol. The van der Waals surface area contributed by atoms with Gasteiger partial charge in [0.05, 0.1) is 6.54 Å². The Labute approximate surface area is 115 Å². The maximum Gasteiger partial charge on any atom is 0.137 e. The maximum atomic E-state index is 6.14. The molecule has 0 saturated heterocycles. The molecule has 19 heavy (non-hydrogen) atoms. The largest absolute Gasteiger partial charge is 0.459 e. The van der Waals surface area contributed by atoms with Gasteiger partial charge in [0.15, 0.2) is 0 Å². The molecule has 1 aromatic heterocycles. The number of furan rings is 1. The molecule has 1 saturated carbocycles. The van der Waals surface area contributed by atoms with Gasteiger partial charge in [-0.05, 0) is 49.3 Å². The van der Waals surface area contributed by atoms with Crippen LogP contribution in [0.2, 0.25) is 0 Å². The fourth-order valence-corrected chi connectivity index (χ4v) is 2.73. The van der Waals surface area contributed by atoms with E-state index in [1.54, 1.807) is 0 Å². The van der Waals surface area contributed by atoms with Gasteiger partial charge in [-0.1, -0.05) is 26.0 Å². The van der Waals surface area contributed by atoms with Crippen LogP contribution >= 0.6 is 0 Å². The molecular formula is C17H23NO. The van der Waals surface area contributed by atoms with Crippen molar-refractivity contribution in [1.82, 2.24) is 5.32 Å². The topological polar surface area (TPSA) is 25.2 Å². The zero-order chi connectivity index (χ0) is 13.6. The Hall–Kier alpha value is -1.28. The van der Waals surface area contributed by atoms with Crippen molar-refractivity contribution in [2.45, 2.75) is 59.0 Å². The molecule has 0 amide bonds. The molecule has 0 aliphatic heterocycles. The Morgan fingerprint density at radius 2 is 2.00 bits per heavy atom. The highest BCUT2D eigenvalue weighted by molar-refractivity contribution is 5.88. The summed E-state index contributed by atoms with van der Waals surface area (Å²) >= 11 is 0. The molecule has 2 aromatic rings. The summed E-state index contributed by atoms with van der Waals surface area (Å²) < 4.78 is 6.14. The lowest BCUT2D eigenvalue weighted by Crippen LogP contribution is -2.15. The smallest absolute Gasteiger partial charge is 0.137 e. The number of hydrogen-bond acceptors (Lipinski definition) is 2. The van der Waals surface area contributed by atoms with Gasteiger partial charge >= 0.3 is 0 Å². The van der Waals surface area contributed by atoms with Crippen LogP contribution in [0.15, 0.2) is 16.5 Å². The fourth-order valence-electron chi connectivity index (χ4n) is 2.73. The van der Waals surface area contributed by atoms with Crippen molar-refractivity contribution < 1.29 is 4.42 Å². The monoisotopic (exact) mass is 257 g/mol. The van der Waals surface area contributed by atoms with Crippen LogP contribution in [0.1, 0.15) is 55.1 Å². The van der Waals surface area contributed by atoms with Crippen molar-refractivity contribution in [1.29, 1.82) is 0 Å². The number of nitrogens with one attached hydrogen (secondary N) is 1. The lowest BCUT2D eigenvalue weighted by molar-refractivity contribution is 0.508. The van der Waals surface area contributed by atoms with Gasteiger partial charge in [-0.3, -0.25) is 0 Å². The first-order chi connectivity index (χ1) is 9.08. The minimum absolute atomic E-state index is 0.531. The molecule has 1 aliphatic carbocycles. The summed E-state index contributed by atoms with van der Waals surface area (Å²) in [6, 6.07) is 5.15. The van der Waals surface area contributed by atoms with E-state index in [0.717, 1.165) is 23.9 Å². The molecule has 1 aliphatic rings. The zero-order valence-corrected chi connectivity index (χ0v) is 12.3. The van der Waals surface area contributed by atoms with E-state index in [2.05, 4.69) is 45.1 Å². The molecule has 0 unspecified atom stereocenters. The summed E-state index contributed by atoms with van der Waals surface area (Å²) in [5.41, 5.74) is 5.03.